The first-order chi connectivity index (χ1) is 7.18. The van der Waals surface area contributed by atoms with Crippen LogP contribution in [0.25, 0.3) is 0 Å². The van der Waals surface area contributed by atoms with E-state index in [2.05, 4.69) is 15.9 Å². The summed E-state index contributed by atoms with van der Waals surface area (Å²) < 4.78 is 26.6. The summed E-state index contributed by atoms with van der Waals surface area (Å²) in [6.07, 6.45) is 4.08. The minimum Gasteiger partial charge on any atom is -0.204 e. The summed E-state index contributed by atoms with van der Waals surface area (Å²) in [4.78, 5) is 0.443. The van der Waals surface area contributed by atoms with Crippen LogP contribution >= 0.6 is 15.9 Å². The smallest absolute Gasteiger partial charge is 0.162 e. The fraction of sp³-hybridized carbons (Fsp3) is 0.500. The Hall–Kier alpha value is -0.440. The van der Waals surface area contributed by atoms with E-state index in [9.17, 15) is 8.78 Å². The van der Waals surface area contributed by atoms with Crippen LogP contribution in [0.2, 0.25) is 0 Å². The summed E-state index contributed by atoms with van der Waals surface area (Å²) in [5.41, 5.74) is 0.541. The second kappa shape index (κ2) is 4.60. The molecule has 2 unspecified atom stereocenters. The molecule has 1 aromatic rings. The standard InChI is InChI=1S/C12H13BrF2/c13-9-4-1-3-8(7-9)10-5-2-6-11(14)12(10)15/h2,5-6,8-9H,1,3-4,7H2. The Labute approximate surface area is 96.8 Å². The second-order valence-corrected chi connectivity index (χ2v) is 5.40. The third-order valence-electron chi connectivity index (χ3n) is 3.03. The highest BCUT2D eigenvalue weighted by Gasteiger charge is 2.24. The Balaban J connectivity index is 2.24. The molecule has 0 spiro atoms. The van der Waals surface area contributed by atoms with Gasteiger partial charge in [-0.25, -0.2) is 8.78 Å². The van der Waals surface area contributed by atoms with Crippen molar-refractivity contribution < 1.29 is 8.78 Å². The van der Waals surface area contributed by atoms with Gasteiger partial charge < -0.3 is 0 Å². The minimum absolute atomic E-state index is 0.166. The van der Waals surface area contributed by atoms with E-state index in [0.29, 0.717) is 10.4 Å². The van der Waals surface area contributed by atoms with E-state index in [1.807, 2.05) is 0 Å². The molecule has 0 heterocycles. The molecule has 1 aliphatic rings. The normalized spacial score (nSPS) is 26.6. The zero-order valence-corrected chi connectivity index (χ0v) is 9.94. The monoisotopic (exact) mass is 274 g/mol. The van der Waals surface area contributed by atoms with E-state index in [1.165, 1.54) is 6.07 Å². The van der Waals surface area contributed by atoms with Gasteiger partial charge >= 0.3 is 0 Å². The van der Waals surface area contributed by atoms with Gasteiger partial charge in [0.25, 0.3) is 0 Å². The lowest BCUT2D eigenvalue weighted by molar-refractivity contribution is 0.427. The van der Waals surface area contributed by atoms with Crippen molar-refractivity contribution in [2.45, 2.75) is 36.4 Å². The van der Waals surface area contributed by atoms with Crippen LogP contribution in [0, 0.1) is 11.6 Å². The van der Waals surface area contributed by atoms with Gasteiger partial charge in [0.05, 0.1) is 0 Å². The third-order valence-corrected chi connectivity index (χ3v) is 3.86. The summed E-state index contributed by atoms with van der Waals surface area (Å²) in [5.74, 6) is -1.23. The zero-order chi connectivity index (χ0) is 10.8. The van der Waals surface area contributed by atoms with Gasteiger partial charge in [-0.05, 0) is 36.8 Å². The number of hydrogen-bond acceptors (Lipinski definition) is 0. The van der Waals surface area contributed by atoms with Gasteiger partial charge in [-0.1, -0.05) is 34.5 Å². The predicted molar refractivity (Wildman–Crippen MR) is 60.3 cm³/mol. The number of rotatable bonds is 1. The van der Waals surface area contributed by atoms with E-state index >= 15 is 0 Å². The van der Waals surface area contributed by atoms with E-state index < -0.39 is 11.6 Å². The topological polar surface area (TPSA) is 0 Å². The van der Waals surface area contributed by atoms with Crippen molar-refractivity contribution in [2.24, 2.45) is 0 Å². The first-order valence-corrected chi connectivity index (χ1v) is 6.18. The van der Waals surface area contributed by atoms with Crippen molar-refractivity contribution in [3.8, 4) is 0 Å². The molecule has 1 aliphatic carbocycles. The number of hydrogen-bond donors (Lipinski definition) is 0. The Bertz CT molecular complexity index is 351. The molecule has 1 saturated carbocycles. The predicted octanol–water partition coefficient (Wildman–Crippen LogP) is 4.39. The maximum absolute atomic E-state index is 13.5. The molecule has 2 rings (SSSR count). The molecular weight excluding hydrogens is 262 g/mol. The Morgan fingerprint density at radius 3 is 2.73 bits per heavy atom. The van der Waals surface area contributed by atoms with Gasteiger partial charge in [-0.3, -0.25) is 0 Å². The van der Waals surface area contributed by atoms with Crippen LogP contribution in [-0.4, -0.2) is 4.83 Å². The van der Waals surface area contributed by atoms with Gasteiger partial charge in [0, 0.05) is 4.83 Å². The maximum atomic E-state index is 13.5. The first kappa shape index (κ1) is 11.1. The molecule has 1 aromatic carbocycles. The molecule has 0 amide bonds. The molecule has 0 saturated heterocycles. The van der Waals surface area contributed by atoms with Gasteiger partial charge in [0.2, 0.25) is 0 Å². The highest BCUT2D eigenvalue weighted by Crippen LogP contribution is 2.37. The van der Waals surface area contributed by atoms with Gasteiger partial charge in [0.1, 0.15) is 0 Å². The van der Waals surface area contributed by atoms with Gasteiger partial charge in [-0.2, -0.15) is 0 Å². The quantitative estimate of drug-likeness (QED) is 0.667. The second-order valence-electron chi connectivity index (χ2n) is 4.10. The third kappa shape index (κ3) is 2.39. The van der Waals surface area contributed by atoms with E-state index in [1.54, 1.807) is 12.1 Å². The van der Waals surface area contributed by atoms with E-state index in [4.69, 9.17) is 0 Å². The molecule has 0 nitrogen and oxygen atoms in total. The van der Waals surface area contributed by atoms with Crippen molar-refractivity contribution in [1.82, 2.24) is 0 Å². The van der Waals surface area contributed by atoms with Crippen LogP contribution in [0.3, 0.4) is 0 Å². The van der Waals surface area contributed by atoms with E-state index in [0.717, 1.165) is 25.7 Å². The molecule has 82 valence electrons. The number of benzene rings is 1. The van der Waals surface area contributed by atoms with Crippen LogP contribution in [0.4, 0.5) is 8.78 Å². The van der Waals surface area contributed by atoms with Crippen molar-refractivity contribution in [1.29, 1.82) is 0 Å². The van der Waals surface area contributed by atoms with Crippen molar-refractivity contribution >= 4 is 15.9 Å². The average molecular weight is 275 g/mol. The lowest BCUT2D eigenvalue weighted by Gasteiger charge is -2.26. The van der Waals surface area contributed by atoms with Crippen LogP contribution in [0.15, 0.2) is 18.2 Å². The fourth-order valence-electron chi connectivity index (χ4n) is 2.25. The summed E-state index contributed by atoms with van der Waals surface area (Å²) >= 11 is 3.55. The summed E-state index contributed by atoms with van der Waals surface area (Å²) in [5, 5.41) is 0. The van der Waals surface area contributed by atoms with E-state index in [-0.39, 0.29) is 5.92 Å². The first-order valence-electron chi connectivity index (χ1n) is 5.26. The molecule has 0 aliphatic heterocycles. The Kier molecular flexibility index (Phi) is 3.39. The lowest BCUT2D eigenvalue weighted by atomic mass is 9.84. The van der Waals surface area contributed by atoms with Crippen LogP contribution < -0.4 is 0 Å². The molecule has 2 atom stereocenters. The summed E-state index contributed by atoms with van der Waals surface area (Å²) in [6.45, 7) is 0. The average Bonchev–Trinajstić information content (AvgIpc) is 2.22. The molecule has 15 heavy (non-hydrogen) atoms. The molecule has 0 aromatic heterocycles. The van der Waals surface area contributed by atoms with Crippen LogP contribution in [0.5, 0.6) is 0 Å². The van der Waals surface area contributed by atoms with Crippen molar-refractivity contribution in [2.75, 3.05) is 0 Å². The highest BCUT2D eigenvalue weighted by atomic mass is 79.9. The highest BCUT2D eigenvalue weighted by molar-refractivity contribution is 9.09. The largest absolute Gasteiger partial charge is 0.204 e. The maximum Gasteiger partial charge on any atom is 0.162 e. The molecular formula is C12H13BrF2. The zero-order valence-electron chi connectivity index (χ0n) is 8.35. The summed E-state index contributed by atoms with van der Waals surface area (Å²) in [7, 11) is 0. The minimum atomic E-state index is -0.732. The molecule has 0 radical (unpaired) electrons. The molecule has 1 fully saturated rings. The summed E-state index contributed by atoms with van der Waals surface area (Å²) in [6, 6.07) is 4.47. The van der Waals surface area contributed by atoms with Crippen molar-refractivity contribution in [3.63, 3.8) is 0 Å². The molecule has 3 heteroatoms. The number of halogens is 3. The van der Waals surface area contributed by atoms with Crippen LogP contribution in [0.1, 0.15) is 37.2 Å². The Morgan fingerprint density at radius 2 is 2.00 bits per heavy atom. The molecule has 0 bridgehead atoms. The van der Waals surface area contributed by atoms with Crippen molar-refractivity contribution in [3.05, 3.63) is 35.4 Å². The SMILES string of the molecule is Fc1cccc(C2CCCC(Br)C2)c1F. The Morgan fingerprint density at radius 1 is 1.20 bits per heavy atom. The lowest BCUT2D eigenvalue weighted by Crippen LogP contribution is -2.15. The van der Waals surface area contributed by atoms with Gasteiger partial charge in [-0.15, -0.1) is 0 Å². The molecule has 0 N–H and O–H groups in total. The van der Waals surface area contributed by atoms with Gasteiger partial charge in [0.15, 0.2) is 11.6 Å². The number of alkyl halides is 1. The fourth-order valence-corrected chi connectivity index (χ4v) is 3.02. The van der Waals surface area contributed by atoms with Crippen LogP contribution in [-0.2, 0) is 0 Å².